The van der Waals surface area contributed by atoms with E-state index in [4.69, 9.17) is 21.4 Å². The fourth-order valence-electron chi connectivity index (χ4n) is 3.92. The maximum atomic E-state index is 13.5. The van der Waals surface area contributed by atoms with Gasteiger partial charge in [-0.2, -0.15) is 0 Å². The van der Waals surface area contributed by atoms with Gasteiger partial charge in [0.2, 0.25) is 5.91 Å². The number of methoxy groups -OCH3 is 1. The van der Waals surface area contributed by atoms with Gasteiger partial charge in [0.15, 0.2) is 0 Å². The van der Waals surface area contributed by atoms with E-state index in [2.05, 4.69) is 5.32 Å². The van der Waals surface area contributed by atoms with Crippen LogP contribution in [0.5, 0.6) is 5.75 Å². The number of thiocarbonyl (C=S) groups is 1. The summed E-state index contributed by atoms with van der Waals surface area (Å²) in [6.45, 7) is -0.0314. The highest BCUT2D eigenvalue weighted by Gasteiger charge is 2.42. The van der Waals surface area contributed by atoms with E-state index in [1.165, 1.54) is 16.1 Å². The lowest BCUT2D eigenvalue weighted by Gasteiger charge is -2.17. The van der Waals surface area contributed by atoms with Gasteiger partial charge in [-0.3, -0.25) is 24.2 Å². The van der Waals surface area contributed by atoms with E-state index < -0.39 is 5.91 Å². The number of rotatable bonds is 6. The third-order valence-corrected chi connectivity index (χ3v) is 7.02. The number of nitrogens with one attached hydrogen (secondary N) is 1. The molecule has 3 amide bonds. The van der Waals surface area contributed by atoms with E-state index >= 15 is 0 Å². The number of nitrogens with zero attached hydrogens (tertiary/aromatic N) is 2. The van der Waals surface area contributed by atoms with Gasteiger partial charge < -0.3 is 14.5 Å². The van der Waals surface area contributed by atoms with Crippen molar-refractivity contribution < 1.29 is 23.5 Å². The number of carbonyl (C=O) groups excluding carboxylic acids is 3. The molecule has 2 aromatic carbocycles. The number of hydrogen-bond donors (Lipinski definition) is 1. The van der Waals surface area contributed by atoms with Crippen molar-refractivity contribution in [3.8, 4) is 5.75 Å². The molecule has 0 aliphatic carbocycles. The first kappa shape index (κ1) is 22.9. The second-order valence-electron chi connectivity index (χ2n) is 7.73. The molecular formula is C25H19N3O5S2. The van der Waals surface area contributed by atoms with Crippen molar-refractivity contribution in [1.29, 1.82) is 0 Å². The highest BCUT2D eigenvalue weighted by molar-refractivity contribution is 8.26. The van der Waals surface area contributed by atoms with E-state index in [9.17, 15) is 14.4 Å². The molecule has 1 N–H and O–H groups in total. The van der Waals surface area contributed by atoms with Crippen LogP contribution in [-0.4, -0.2) is 40.6 Å². The summed E-state index contributed by atoms with van der Waals surface area (Å²) in [6, 6.07) is 17.5. The summed E-state index contributed by atoms with van der Waals surface area (Å²) in [6.07, 6.45) is 1.52. The maximum Gasteiger partial charge on any atom is 0.267 e. The van der Waals surface area contributed by atoms with Gasteiger partial charge in [0.25, 0.3) is 11.8 Å². The molecule has 2 aliphatic rings. The molecule has 0 spiro atoms. The smallest absolute Gasteiger partial charge is 0.267 e. The number of anilines is 2. The minimum atomic E-state index is -0.422. The van der Waals surface area contributed by atoms with Crippen molar-refractivity contribution in [3.05, 3.63) is 83.2 Å². The van der Waals surface area contributed by atoms with E-state index in [0.29, 0.717) is 32.8 Å². The molecule has 0 atom stereocenters. The maximum absolute atomic E-state index is 13.5. The van der Waals surface area contributed by atoms with E-state index in [0.717, 1.165) is 11.8 Å². The van der Waals surface area contributed by atoms with Crippen LogP contribution in [-0.2, 0) is 20.9 Å². The number of ether oxygens (including phenoxy) is 1. The second kappa shape index (κ2) is 9.40. The molecule has 1 saturated heterocycles. The van der Waals surface area contributed by atoms with Crippen LogP contribution < -0.4 is 15.0 Å². The lowest BCUT2D eigenvalue weighted by Crippen LogP contribution is -2.35. The zero-order valence-corrected chi connectivity index (χ0v) is 20.2. The average Bonchev–Trinajstić information content (AvgIpc) is 3.54. The SMILES string of the molecule is COc1ccc(NC(=O)CN2C(=O)C(=C3SC(=S)N(Cc4ccco4)C3=O)c3ccccc32)cc1. The van der Waals surface area contributed by atoms with E-state index in [1.54, 1.807) is 67.8 Å². The standard InChI is InChI=1S/C25H19N3O5S2/c1-32-16-10-8-15(9-11-16)26-20(29)14-27-19-7-3-2-6-18(19)21(23(27)30)22-24(31)28(25(34)35-22)13-17-5-4-12-33-17/h2-12H,13-14H2,1H3,(H,26,29). The third-order valence-electron chi connectivity index (χ3n) is 5.57. The molecular weight excluding hydrogens is 486 g/mol. The zero-order valence-electron chi connectivity index (χ0n) is 18.5. The number of amides is 3. The van der Waals surface area contributed by atoms with Crippen LogP contribution in [0, 0.1) is 0 Å². The van der Waals surface area contributed by atoms with Crippen molar-refractivity contribution in [2.75, 3.05) is 23.9 Å². The van der Waals surface area contributed by atoms with Gasteiger partial charge in [-0.1, -0.05) is 42.2 Å². The largest absolute Gasteiger partial charge is 0.497 e. The summed E-state index contributed by atoms with van der Waals surface area (Å²) in [7, 11) is 1.56. The zero-order chi connectivity index (χ0) is 24.5. The summed E-state index contributed by atoms with van der Waals surface area (Å²) < 4.78 is 10.8. The summed E-state index contributed by atoms with van der Waals surface area (Å²) in [5.41, 5.74) is 1.98. The van der Waals surface area contributed by atoms with Gasteiger partial charge in [-0.15, -0.1) is 0 Å². The van der Waals surface area contributed by atoms with Crippen molar-refractivity contribution in [3.63, 3.8) is 0 Å². The van der Waals surface area contributed by atoms with Gasteiger partial charge in [0.05, 0.1) is 36.1 Å². The Kier molecular flexibility index (Phi) is 6.14. The minimum Gasteiger partial charge on any atom is -0.497 e. The topological polar surface area (TPSA) is 92.1 Å². The summed E-state index contributed by atoms with van der Waals surface area (Å²) in [5.74, 6) is 0.0989. The normalized spacial score (nSPS) is 17.2. The summed E-state index contributed by atoms with van der Waals surface area (Å²) >= 11 is 6.51. The third kappa shape index (κ3) is 4.33. The molecule has 10 heteroatoms. The predicted molar refractivity (Wildman–Crippen MR) is 137 cm³/mol. The van der Waals surface area contributed by atoms with Gasteiger partial charge >= 0.3 is 0 Å². The first-order chi connectivity index (χ1) is 17.0. The number of fused-ring (bicyclic) bond motifs is 1. The van der Waals surface area contributed by atoms with Crippen LogP contribution in [0.1, 0.15) is 11.3 Å². The minimum absolute atomic E-state index is 0.179. The molecule has 8 nitrogen and oxygen atoms in total. The number of benzene rings is 2. The van der Waals surface area contributed by atoms with Crippen molar-refractivity contribution in [2.45, 2.75) is 6.54 Å². The van der Waals surface area contributed by atoms with E-state index in [1.807, 2.05) is 0 Å². The molecule has 1 fully saturated rings. The molecule has 0 unspecified atom stereocenters. The molecule has 176 valence electrons. The highest BCUT2D eigenvalue weighted by Crippen LogP contribution is 2.44. The molecule has 5 rings (SSSR count). The molecule has 35 heavy (non-hydrogen) atoms. The first-order valence-corrected chi connectivity index (χ1v) is 11.8. The fraction of sp³-hybridized carbons (Fsp3) is 0.120. The van der Waals surface area contributed by atoms with Crippen LogP contribution in [0.15, 0.2) is 76.2 Å². The molecule has 0 saturated carbocycles. The molecule has 1 aromatic heterocycles. The Hall–Kier alpha value is -3.89. The quantitative estimate of drug-likeness (QED) is 0.399. The number of carbonyl (C=O) groups is 3. The molecule has 3 heterocycles. The van der Waals surface area contributed by atoms with Crippen LogP contribution in [0.2, 0.25) is 0 Å². The molecule has 3 aromatic rings. The van der Waals surface area contributed by atoms with Gasteiger partial charge in [-0.05, 0) is 42.5 Å². The van der Waals surface area contributed by atoms with Crippen LogP contribution in [0.25, 0.3) is 5.57 Å². The van der Waals surface area contributed by atoms with Crippen LogP contribution >= 0.6 is 24.0 Å². The molecule has 2 aliphatic heterocycles. The first-order valence-electron chi connectivity index (χ1n) is 10.6. The van der Waals surface area contributed by atoms with Crippen molar-refractivity contribution in [1.82, 2.24) is 4.90 Å². The Morgan fingerprint density at radius 2 is 1.80 bits per heavy atom. The number of hydrogen-bond acceptors (Lipinski definition) is 7. The second-order valence-corrected chi connectivity index (χ2v) is 9.37. The van der Waals surface area contributed by atoms with Crippen molar-refractivity contribution >= 4 is 63.0 Å². The predicted octanol–water partition coefficient (Wildman–Crippen LogP) is 4.05. The average molecular weight is 506 g/mol. The molecule has 0 bridgehead atoms. The van der Waals surface area contributed by atoms with Crippen molar-refractivity contribution in [2.24, 2.45) is 0 Å². The highest BCUT2D eigenvalue weighted by atomic mass is 32.2. The number of furan rings is 1. The fourth-order valence-corrected chi connectivity index (χ4v) is 5.25. The Balaban J connectivity index is 1.41. The van der Waals surface area contributed by atoms with Gasteiger partial charge in [0.1, 0.15) is 22.4 Å². The van der Waals surface area contributed by atoms with E-state index in [-0.39, 0.29) is 35.4 Å². The lowest BCUT2D eigenvalue weighted by molar-refractivity contribution is -0.123. The van der Waals surface area contributed by atoms with Gasteiger partial charge in [0, 0.05) is 11.3 Å². The van der Waals surface area contributed by atoms with Crippen LogP contribution in [0.4, 0.5) is 11.4 Å². The van der Waals surface area contributed by atoms with Gasteiger partial charge in [-0.25, -0.2) is 0 Å². The Labute approximate surface area is 210 Å². The Morgan fingerprint density at radius 1 is 1.03 bits per heavy atom. The molecule has 0 radical (unpaired) electrons. The number of thioether (sulfide) groups is 1. The number of para-hydroxylation sites is 1. The summed E-state index contributed by atoms with van der Waals surface area (Å²) in [4.78, 5) is 42.6. The van der Waals surface area contributed by atoms with Crippen LogP contribution in [0.3, 0.4) is 0 Å². The lowest BCUT2D eigenvalue weighted by atomic mass is 10.1. The monoisotopic (exact) mass is 505 g/mol. The Morgan fingerprint density at radius 3 is 2.51 bits per heavy atom. The summed E-state index contributed by atoms with van der Waals surface area (Å²) in [5, 5.41) is 2.79. The Bertz CT molecular complexity index is 1370.